The van der Waals surface area contributed by atoms with Crippen LogP contribution in [0.25, 0.3) is 0 Å². The van der Waals surface area contributed by atoms with E-state index in [1.54, 1.807) is 0 Å². The molecule has 1 unspecified atom stereocenters. The van der Waals surface area contributed by atoms with Gasteiger partial charge in [-0.25, -0.2) is 0 Å². The monoisotopic (exact) mass is 175 g/mol. The molecule has 2 nitrogen and oxygen atoms in total. The third-order valence-electron chi connectivity index (χ3n) is 2.14. The van der Waals surface area contributed by atoms with Gasteiger partial charge in [-0.1, -0.05) is 0 Å². The molecule has 0 aromatic rings. The van der Waals surface area contributed by atoms with Crippen LogP contribution in [-0.4, -0.2) is 47.3 Å². The summed E-state index contributed by atoms with van der Waals surface area (Å²) in [6.45, 7) is 4.70. The molecule has 3 heteroatoms. The van der Waals surface area contributed by atoms with E-state index in [1.165, 1.54) is 17.9 Å². The van der Waals surface area contributed by atoms with Crippen LogP contribution in [0.15, 0.2) is 0 Å². The Balaban J connectivity index is 2.30. The summed E-state index contributed by atoms with van der Waals surface area (Å²) in [5.41, 5.74) is 0. The molecular weight excluding hydrogens is 158 g/mol. The molecule has 1 aliphatic heterocycles. The number of rotatable bonds is 2. The van der Waals surface area contributed by atoms with Crippen LogP contribution in [0.3, 0.4) is 0 Å². The lowest BCUT2D eigenvalue weighted by atomic mass is 10.3. The summed E-state index contributed by atoms with van der Waals surface area (Å²) in [6, 6.07) is 0.355. The zero-order valence-electron chi connectivity index (χ0n) is 7.12. The summed E-state index contributed by atoms with van der Waals surface area (Å²) >= 11 is 2.02. The summed E-state index contributed by atoms with van der Waals surface area (Å²) in [5.74, 6) is 2.51. The molecule has 0 aliphatic carbocycles. The average Bonchev–Trinajstić information content (AvgIpc) is 2.30. The molecule has 0 radical (unpaired) electrons. The van der Waals surface area contributed by atoms with E-state index in [2.05, 4.69) is 11.8 Å². The molecule has 0 spiro atoms. The molecule has 1 rings (SSSR count). The van der Waals surface area contributed by atoms with E-state index in [-0.39, 0.29) is 0 Å². The third kappa shape index (κ3) is 3.01. The second-order valence-corrected chi connectivity index (χ2v) is 4.26. The fourth-order valence-electron chi connectivity index (χ4n) is 1.32. The highest BCUT2D eigenvalue weighted by molar-refractivity contribution is 7.99. The van der Waals surface area contributed by atoms with Crippen LogP contribution in [0, 0.1) is 0 Å². The Hall–Kier alpha value is 0.270. The van der Waals surface area contributed by atoms with E-state index in [1.807, 2.05) is 11.8 Å². The van der Waals surface area contributed by atoms with E-state index in [0.717, 1.165) is 13.1 Å². The predicted molar refractivity (Wildman–Crippen MR) is 50.1 cm³/mol. The minimum absolute atomic E-state index is 0.296. The van der Waals surface area contributed by atoms with Crippen LogP contribution in [0.5, 0.6) is 0 Å². The Morgan fingerprint density at radius 3 is 3.00 bits per heavy atom. The lowest BCUT2D eigenvalue weighted by Gasteiger charge is -2.25. The average molecular weight is 175 g/mol. The van der Waals surface area contributed by atoms with Crippen molar-refractivity contribution in [3.05, 3.63) is 0 Å². The number of hydrogen-bond donors (Lipinski definition) is 1. The van der Waals surface area contributed by atoms with Crippen LogP contribution in [-0.2, 0) is 0 Å². The van der Waals surface area contributed by atoms with Gasteiger partial charge in [0.2, 0.25) is 0 Å². The topological polar surface area (TPSA) is 23.5 Å². The fourth-order valence-corrected chi connectivity index (χ4v) is 2.22. The number of nitrogens with zero attached hydrogens (tertiary/aromatic N) is 1. The Morgan fingerprint density at radius 1 is 1.45 bits per heavy atom. The molecule has 1 N–H and O–H groups in total. The normalized spacial score (nSPS) is 24.5. The highest BCUT2D eigenvalue weighted by Gasteiger charge is 2.14. The summed E-state index contributed by atoms with van der Waals surface area (Å²) in [7, 11) is 0. The van der Waals surface area contributed by atoms with Gasteiger partial charge < -0.3 is 5.11 Å². The van der Waals surface area contributed by atoms with Crippen LogP contribution in [0.1, 0.15) is 13.3 Å². The van der Waals surface area contributed by atoms with Gasteiger partial charge in [0.25, 0.3) is 0 Å². The van der Waals surface area contributed by atoms with Gasteiger partial charge in [-0.05, 0) is 25.6 Å². The van der Waals surface area contributed by atoms with E-state index in [4.69, 9.17) is 5.11 Å². The van der Waals surface area contributed by atoms with Crippen molar-refractivity contribution >= 4 is 11.8 Å². The summed E-state index contributed by atoms with van der Waals surface area (Å²) in [5, 5.41) is 8.93. The second-order valence-electron chi connectivity index (χ2n) is 3.03. The largest absolute Gasteiger partial charge is 0.395 e. The molecule has 66 valence electrons. The molecule has 1 atom stereocenters. The van der Waals surface area contributed by atoms with Gasteiger partial charge >= 0.3 is 0 Å². The molecule has 0 aromatic heterocycles. The summed E-state index contributed by atoms with van der Waals surface area (Å²) in [6.07, 6.45) is 1.27. The predicted octanol–water partition coefficient (Wildman–Crippen LogP) is 0.806. The maximum atomic E-state index is 8.93. The van der Waals surface area contributed by atoms with Crippen LogP contribution in [0.2, 0.25) is 0 Å². The van der Waals surface area contributed by atoms with Gasteiger partial charge in [-0.15, -0.1) is 0 Å². The molecule has 0 saturated carbocycles. The van der Waals surface area contributed by atoms with Crippen LogP contribution >= 0.6 is 11.8 Å². The van der Waals surface area contributed by atoms with E-state index in [0.29, 0.717) is 12.6 Å². The minimum Gasteiger partial charge on any atom is -0.395 e. The first kappa shape index (κ1) is 9.36. The first-order valence-corrected chi connectivity index (χ1v) is 5.42. The highest BCUT2D eigenvalue weighted by atomic mass is 32.2. The molecule has 0 amide bonds. The van der Waals surface area contributed by atoms with Gasteiger partial charge in [-0.2, -0.15) is 11.8 Å². The van der Waals surface area contributed by atoms with Gasteiger partial charge in [0, 0.05) is 18.3 Å². The molecule has 0 bridgehead atoms. The lowest BCUT2D eigenvalue weighted by Crippen LogP contribution is -2.37. The van der Waals surface area contributed by atoms with Gasteiger partial charge in [-0.3, -0.25) is 4.90 Å². The maximum Gasteiger partial charge on any atom is 0.0584 e. The van der Waals surface area contributed by atoms with Crippen molar-refractivity contribution in [2.45, 2.75) is 19.4 Å². The number of hydrogen-bond acceptors (Lipinski definition) is 3. The SMILES string of the molecule is CC(CO)N1CCCSCC1. The van der Waals surface area contributed by atoms with Crippen molar-refractivity contribution in [3.8, 4) is 0 Å². The van der Waals surface area contributed by atoms with Crippen molar-refractivity contribution in [1.82, 2.24) is 4.90 Å². The van der Waals surface area contributed by atoms with Gasteiger partial charge in [0.1, 0.15) is 0 Å². The lowest BCUT2D eigenvalue weighted by molar-refractivity contribution is 0.142. The molecule has 1 saturated heterocycles. The smallest absolute Gasteiger partial charge is 0.0584 e. The van der Waals surface area contributed by atoms with E-state index in [9.17, 15) is 0 Å². The second kappa shape index (κ2) is 5.01. The minimum atomic E-state index is 0.296. The first-order valence-electron chi connectivity index (χ1n) is 4.27. The molecule has 1 heterocycles. The molecule has 0 aromatic carbocycles. The van der Waals surface area contributed by atoms with Crippen LogP contribution < -0.4 is 0 Å². The van der Waals surface area contributed by atoms with Crippen LogP contribution in [0.4, 0.5) is 0 Å². The fraction of sp³-hybridized carbons (Fsp3) is 1.00. The number of aliphatic hydroxyl groups excluding tert-OH is 1. The Labute approximate surface area is 73.0 Å². The molecular formula is C8H17NOS. The van der Waals surface area contributed by atoms with Gasteiger partial charge in [0.15, 0.2) is 0 Å². The maximum absolute atomic E-state index is 8.93. The first-order chi connectivity index (χ1) is 5.34. The molecule has 1 fully saturated rings. The number of thioether (sulfide) groups is 1. The van der Waals surface area contributed by atoms with E-state index >= 15 is 0 Å². The van der Waals surface area contributed by atoms with Crippen molar-refractivity contribution in [3.63, 3.8) is 0 Å². The highest BCUT2D eigenvalue weighted by Crippen LogP contribution is 2.11. The van der Waals surface area contributed by atoms with Gasteiger partial charge in [0.05, 0.1) is 6.61 Å². The zero-order chi connectivity index (χ0) is 8.10. The summed E-state index contributed by atoms with van der Waals surface area (Å²) < 4.78 is 0. The Morgan fingerprint density at radius 2 is 2.27 bits per heavy atom. The van der Waals surface area contributed by atoms with E-state index < -0.39 is 0 Å². The quantitative estimate of drug-likeness (QED) is 0.672. The standard InChI is InChI=1S/C8H17NOS/c1-8(7-10)9-3-2-5-11-6-4-9/h8,10H,2-7H2,1H3. The Kier molecular flexibility index (Phi) is 4.26. The molecule has 1 aliphatic rings. The summed E-state index contributed by atoms with van der Waals surface area (Å²) in [4.78, 5) is 2.38. The third-order valence-corrected chi connectivity index (χ3v) is 3.19. The van der Waals surface area contributed by atoms with Crippen molar-refractivity contribution in [2.24, 2.45) is 0 Å². The van der Waals surface area contributed by atoms with Crippen molar-refractivity contribution in [1.29, 1.82) is 0 Å². The number of aliphatic hydroxyl groups is 1. The molecule has 11 heavy (non-hydrogen) atoms. The Bertz CT molecular complexity index is 102. The zero-order valence-corrected chi connectivity index (χ0v) is 7.94. The van der Waals surface area contributed by atoms with Crippen molar-refractivity contribution in [2.75, 3.05) is 31.2 Å². The van der Waals surface area contributed by atoms with Crippen molar-refractivity contribution < 1.29 is 5.11 Å².